The first-order valence-corrected chi connectivity index (χ1v) is 15.9. The molecule has 0 aromatic carbocycles. The molecule has 2 aliphatic heterocycles. The van der Waals surface area contributed by atoms with Crippen molar-refractivity contribution in [3.8, 4) is 0 Å². The smallest absolute Gasteiger partial charge is 0.303 e. The van der Waals surface area contributed by atoms with E-state index >= 15 is 0 Å². The highest BCUT2D eigenvalue weighted by Crippen LogP contribution is 2.27. The van der Waals surface area contributed by atoms with E-state index in [-0.39, 0.29) is 26.4 Å². The minimum atomic E-state index is -1.11. The molecule has 0 aliphatic carbocycles. The summed E-state index contributed by atoms with van der Waals surface area (Å²) in [5.74, 6) is -3.73. The summed E-state index contributed by atoms with van der Waals surface area (Å²) in [5, 5.41) is 0. The number of unbranched alkanes of at least 4 members (excludes halogenated alkanes) is 4. The second-order valence-electron chi connectivity index (χ2n) is 11.2. The first kappa shape index (κ1) is 40.6. The molecule has 0 amide bonds. The van der Waals surface area contributed by atoms with Crippen molar-refractivity contribution in [1.29, 1.82) is 0 Å². The van der Waals surface area contributed by atoms with Crippen LogP contribution < -0.4 is 0 Å². The van der Waals surface area contributed by atoms with Crippen molar-refractivity contribution in [3.63, 3.8) is 0 Å². The molecule has 0 spiro atoms. The van der Waals surface area contributed by atoms with Gasteiger partial charge in [-0.25, -0.2) is 0 Å². The summed E-state index contributed by atoms with van der Waals surface area (Å²) < 4.78 is 54.6. The first-order valence-electron chi connectivity index (χ1n) is 15.9. The van der Waals surface area contributed by atoms with Crippen molar-refractivity contribution in [1.82, 2.24) is 0 Å². The molecule has 2 rings (SSSR count). The van der Waals surface area contributed by atoms with Crippen LogP contribution in [0.5, 0.6) is 0 Å². The highest BCUT2D eigenvalue weighted by atomic mass is 16.7. The molecular weight excluding hydrogens is 640 g/mol. The van der Waals surface area contributed by atoms with Gasteiger partial charge in [-0.1, -0.05) is 12.2 Å². The molecule has 0 unspecified atom stereocenters. The largest absolute Gasteiger partial charge is 0.456 e. The van der Waals surface area contributed by atoms with Crippen LogP contribution in [-0.4, -0.2) is 111 Å². The van der Waals surface area contributed by atoms with Gasteiger partial charge < -0.3 is 47.4 Å². The van der Waals surface area contributed by atoms with E-state index in [2.05, 4.69) is 12.2 Å². The summed E-state index contributed by atoms with van der Waals surface area (Å²) in [6.45, 7) is 7.60. The van der Waals surface area contributed by atoms with E-state index in [4.69, 9.17) is 47.4 Å². The van der Waals surface area contributed by atoms with E-state index in [0.29, 0.717) is 12.8 Å². The van der Waals surface area contributed by atoms with Crippen molar-refractivity contribution >= 4 is 35.8 Å². The third-order valence-electron chi connectivity index (χ3n) is 6.87. The standard InChI is InChI=1S/C32H48O16/c1-19(33)43-25-17-41-31(29(47-23(5)37)27(25)45-21(3)35)39-15-13-11-9-7-8-10-12-14-16-40-32-30(48-24(6)38)28(46-22(4)36)26(18-42-32)44-20(2)34/h7-8,25-32H,9-18H2,1-6H3/b8-7+/t25-,26-,27+,28+,29-,30-,31-,32-/m1/s1. The molecule has 0 radical (unpaired) electrons. The maximum atomic E-state index is 11.7. The number of carbonyl (C=O) groups is 6. The number of hydrogen-bond acceptors (Lipinski definition) is 16. The molecule has 16 heteroatoms. The van der Waals surface area contributed by atoms with Crippen LogP contribution in [-0.2, 0) is 76.1 Å². The average molecular weight is 689 g/mol. The molecule has 2 saturated heterocycles. The van der Waals surface area contributed by atoms with Gasteiger partial charge in [-0.2, -0.15) is 0 Å². The van der Waals surface area contributed by atoms with Crippen molar-refractivity contribution < 1.29 is 76.1 Å². The minimum Gasteiger partial charge on any atom is -0.456 e. The molecule has 2 heterocycles. The molecule has 2 aliphatic rings. The van der Waals surface area contributed by atoms with Crippen LogP contribution in [0.25, 0.3) is 0 Å². The summed E-state index contributed by atoms with van der Waals surface area (Å²) in [5.41, 5.74) is 0. The minimum absolute atomic E-state index is 0.0977. The van der Waals surface area contributed by atoms with E-state index in [1.165, 1.54) is 41.5 Å². The maximum absolute atomic E-state index is 11.7. The van der Waals surface area contributed by atoms with Crippen LogP contribution in [0.2, 0.25) is 0 Å². The fraction of sp³-hybridized carbons (Fsp3) is 0.750. The van der Waals surface area contributed by atoms with Crippen molar-refractivity contribution in [3.05, 3.63) is 12.2 Å². The predicted octanol–water partition coefficient (Wildman–Crippen LogP) is 2.22. The number of hydrogen-bond donors (Lipinski definition) is 0. The number of rotatable bonds is 18. The number of ether oxygens (including phenoxy) is 10. The summed E-state index contributed by atoms with van der Waals surface area (Å²) in [7, 11) is 0. The molecule has 272 valence electrons. The monoisotopic (exact) mass is 688 g/mol. The van der Waals surface area contributed by atoms with E-state index < -0.39 is 85.0 Å². The van der Waals surface area contributed by atoms with Gasteiger partial charge in [0.05, 0.1) is 13.2 Å². The number of esters is 6. The van der Waals surface area contributed by atoms with Crippen molar-refractivity contribution in [2.75, 3.05) is 26.4 Å². The van der Waals surface area contributed by atoms with Crippen molar-refractivity contribution in [2.24, 2.45) is 0 Å². The zero-order chi connectivity index (χ0) is 35.6. The fourth-order valence-electron chi connectivity index (χ4n) is 5.07. The normalized spacial score (nSPS) is 27.0. The molecule has 16 nitrogen and oxygen atoms in total. The average Bonchev–Trinajstić information content (AvgIpc) is 2.97. The Morgan fingerprint density at radius 3 is 1.10 bits per heavy atom. The summed E-state index contributed by atoms with van der Waals surface area (Å²) in [6.07, 6.45) is 0.371. The zero-order valence-electron chi connectivity index (χ0n) is 28.4. The Morgan fingerprint density at radius 1 is 0.479 bits per heavy atom. The van der Waals surface area contributed by atoms with E-state index in [9.17, 15) is 28.8 Å². The molecule has 0 saturated carbocycles. The van der Waals surface area contributed by atoms with Gasteiger partial charge in [0.15, 0.2) is 49.2 Å². The Morgan fingerprint density at radius 2 is 0.792 bits per heavy atom. The fourth-order valence-corrected chi connectivity index (χ4v) is 5.07. The Kier molecular flexibility index (Phi) is 18.1. The first-order chi connectivity index (χ1) is 22.8. The molecular formula is C32H48O16. The molecule has 0 aromatic heterocycles. The molecule has 8 atom stereocenters. The van der Waals surface area contributed by atoms with E-state index in [1.807, 2.05) is 0 Å². The molecule has 2 fully saturated rings. The second-order valence-corrected chi connectivity index (χ2v) is 11.2. The van der Waals surface area contributed by atoms with Crippen LogP contribution in [0.1, 0.15) is 80.1 Å². The number of allylic oxidation sites excluding steroid dienone is 2. The summed E-state index contributed by atoms with van der Waals surface area (Å²) in [4.78, 5) is 69.8. The lowest BCUT2D eigenvalue weighted by Gasteiger charge is -2.40. The van der Waals surface area contributed by atoms with E-state index in [0.717, 1.165) is 25.7 Å². The Labute approximate surface area is 279 Å². The highest BCUT2D eigenvalue weighted by Gasteiger charge is 2.48. The maximum Gasteiger partial charge on any atom is 0.303 e. The zero-order valence-corrected chi connectivity index (χ0v) is 28.4. The molecule has 48 heavy (non-hydrogen) atoms. The van der Waals surface area contributed by atoms with Gasteiger partial charge in [0, 0.05) is 54.8 Å². The van der Waals surface area contributed by atoms with Gasteiger partial charge >= 0.3 is 35.8 Å². The van der Waals surface area contributed by atoms with Gasteiger partial charge in [0.1, 0.15) is 0 Å². The SMILES string of the molecule is CC(=O)O[C@@H]1[C@@H](OC(C)=O)[C@H](OCCCC/C=C/CCCCO[C@@H]2OC[C@@H](OC(C)=O)[C@H](OC(C)=O)[C@H]2OC(C)=O)OC[C@H]1OC(C)=O. The Balaban J connectivity index is 1.72. The second kappa shape index (κ2) is 21.4. The lowest BCUT2D eigenvalue weighted by Crippen LogP contribution is -2.58. The van der Waals surface area contributed by atoms with Crippen LogP contribution in [0.4, 0.5) is 0 Å². The van der Waals surface area contributed by atoms with Crippen LogP contribution in [0, 0.1) is 0 Å². The van der Waals surface area contributed by atoms with Crippen LogP contribution >= 0.6 is 0 Å². The topological polar surface area (TPSA) is 195 Å². The Bertz CT molecular complexity index is 1020. The Hall–Kier alpha value is -3.60. The van der Waals surface area contributed by atoms with Crippen LogP contribution in [0.3, 0.4) is 0 Å². The van der Waals surface area contributed by atoms with E-state index in [1.54, 1.807) is 0 Å². The molecule has 0 aromatic rings. The van der Waals surface area contributed by atoms with Crippen LogP contribution in [0.15, 0.2) is 12.2 Å². The van der Waals surface area contributed by atoms with Gasteiger partial charge in [0.25, 0.3) is 0 Å². The van der Waals surface area contributed by atoms with Gasteiger partial charge in [-0.05, 0) is 38.5 Å². The van der Waals surface area contributed by atoms with Gasteiger partial charge in [0.2, 0.25) is 0 Å². The van der Waals surface area contributed by atoms with Gasteiger partial charge in [-0.15, -0.1) is 0 Å². The third kappa shape index (κ3) is 15.1. The quantitative estimate of drug-likeness (QED) is 0.0879. The predicted molar refractivity (Wildman–Crippen MR) is 162 cm³/mol. The molecule has 0 N–H and O–H groups in total. The number of carbonyl (C=O) groups excluding carboxylic acids is 6. The molecule has 0 bridgehead atoms. The third-order valence-corrected chi connectivity index (χ3v) is 6.87. The highest BCUT2D eigenvalue weighted by molar-refractivity contribution is 5.69. The van der Waals surface area contributed by atoms with Gasteiger partial charge in [-0.3, -0.25) is 28.8 Å². The van der Waals surface area contributed by atoms with Crippen molar-refractivity contribution in [2.45, 2.75) is 129 Å². The summed E-state index contributed by atoms with van der Waals surface area (Å²) >= 11 is 0. The summed E-state index contributed by atoms with van der Waals surface area (Å²) in [6, 6.07) is 0. The lowest BCUT2D eigenvalue weighted by atomic mass is 10.0. The lowest BCUT2D eigenvalue weighted by molar-refractivity contribution is -0.281.